The fourth-order valence-electron chi connectivity index (χ4n) is 3.85. The van der Waals surface area contributed by atoms with Crippen LogP contribution in [0.5, 0.6) is 0 Å². The van der Waals surface area contributed by atoms with E-state index in [-0.39, 0.29) is 12.3 Å². The van der Waals surface area contributed by atoms with E-state index in [9.17, 15) is 19.9 Å². The van der Waals surface area contributed by atoms with Gasteiger partial charge in [-0.25, -0.2) is 9.86 Å². The fourth-order valence-corrected chi connectivity index (χ4v) is 3.85. The second-order valence-electron chi connectivity index (χ2n) is 6.60. The molecule has 22 heavy (non-hydrogen) atoms. The van der Waals surface area contributed by atoms with Crippen LogP contribution in [-0.4, -0.2) is 39.3 Å². The van der Waals surface area contributed by atoms with Crippen LogP contribution in [0.25, 0.3) is 0 Å². The molecule has 0 bridgehead atoms. The summed E-state index contributed by atoms with van der Waals surface area (Å²) in [7, 11) is 0. The van der Waals surface area contributed by atoms with Gasteiger partial charge >= 0.3 is 6.03 Å². The van der Waals surface area contributed by atoms with Gasteiger partial charge in [-0.1, -0.05) is 5.57 Å². The van der Waals surface area contributed by atoms with Gasteiger partial charge in [-0.05, 0) is 56.4 Å². The zero-order chi connectivity index (χ0) is 16.4. The van der Waals surface area contributed by atoms with Crippen LogP contribution in [0, 0.1) is 5.41 Å². The molecule has 1 unspecified atom stereocenters. The molecule has 3 rings (SSSR count). The number of hydroxylamine groups is 2. The van der Waals surface area contributed by atoms with Crippen molar-refractivity contribution in [2.75, 3.05) is 6.54 Å². The number of urea groups is 1. The van der Waals surface area contributed by atoms with Gasteiger partial charge in [0.1, 0.15) is 5.60 Å². The molecule has 0 aromatic rings. The number of Topliss-reactive ketones (excluding diaryl/α,β-unsaturated/α-hetero) is 1. The lowest BCUT2D eigenvalue weighted by Crippen LogP contribution is -2.49. The highest BCUT2D eigenvalue weighted by Gasteiger charge is 2.65. The van der Waals surface area contributed by atoms with Gasteiger partial charge in [0.2, 0.25) is 0 Å². The van der Waals surface area contributed by atoms with Crippen molar-refractivity contribution in [2.24, 2.45) is 11.1 Å². The fraction of sp³-hybridized carbons (Fsp3) is 0.500. The van der Waals surface area contributed by atoms with Gasteiger partial charge < -0.3 is 10.8 Å². The molecule has 0 radical (unpaired) electrons. The van der Waals surface area contributed by atoms with Gasteiger partial charge in [0, 0.05) is 11.0 Å². The molecule has 1 saturated carbocycles. The van der Waals surface area contributed by atoms with Crippen molar-refractivity contribution in [2.45, 2.75) is 39.2 Å². The summed E-state index contributed by atoms with van der Waals surface area (Å²) >= 11 is 0. The standard InChI is InChI=1S/C16H20N2O4/c1-8-6-10-12(11(8)7-18(22)14(17)20)9(2)16(4-5-16)15(3,21)13(10)19/h6,21-22H,4-5,7H2,1-3H3,(H2,17,20). The Bertz CT molecular complexity index is 693. The lowest BCUT2D eigenvalue weighted by molar-refractivity contribution is -0.137. The molecule has 2 amide bonds. The van der Waals surface area contributed by atoms with Gasteiger partial charge in [0.25, 0.3) is 0 Å². The van der Waals surface area contributed by atoms with E-state index in [4.69, 9.17) is 5.73 Å². The van der Waals surface area contributed by atoms with E-state index in [0.717, 1.165) is 29.6 Å². The minimum atomic E-state index is -1.40. The van der Waals surface area contributed by atoms with E-state index in [1.807, 2.05) is 13.8 Å². The highest BCUT2D eigenvalue weighted by Crippen LogP contribution is 2.64. The minimum Gasteiger partial charge on any atom is -0.381 e. The smallest absolute Gasteiger partial charge is 0.338 e. The first kappa shape index (κ1) is 15.0. The summed E-state index contributed by atoms with van der Waals surface area (Å²) in [6, 6.07) is -0.942. The number of hydrogen-bond donors (Lipinski definition) is 3. The third-order valence-corrected chi connectivity index (χ3v) is 5.43. The van der Waals surface area contributed by atoms with Crippen molar-refractivity contribution < 1.29 is 19.9 Å². The Morgan fingerprint density at radius 1 is 1.41 bits per heavy atom. The summed E-state index contributed by atoms with van der Waals surface area (Å²) in [6.07, 6.45) is 3.24. The van der Waals surface area contributed by atoms with Crippen molar-refractivity contribution in [3.05, 3.63) is 33.9 Å². The predicted octanol–water partition coefficient (Wildman–Crippen LogP) is 1.44. The monoisotopic (exact) mass is 304 g/mol. The van der Waals surface area contributed by atoms with Crippen LogP contribution in [0.15, 0.2) is 33.9 Å². The van der Waals surface area contributed by atoms with Crippen LogP contribution in [-0.2, 0) is 4.79 Å². The zero-order valence-corrected chi connectivity index (χ0v) is 12.9. The first-order valence-electron chi connectivity index (χ1n) is 7.30. The molecule has 0 heterocycles. The highest BCUT2D eigenvalue weighted by atomic mass is 16.5. The predicted molar refractivity (Wildman–Crippen MR) is 78.9 cm³/mol. The van der Waals surface area contributed by atoms with Crippen molar-refractivity contribution in [1.82, 2.24) is 5.06 Å². The third kappa shape index (κ3) is 1.68. The second-order valence-corrected chi connectivity index (χ2v) is 6.60. The quantitative estimate of drug-likeness (QED) is 0.530. The molecule has 6 heteroatoms. The number of amides is 2. The Morgan fingerprint density at radius 2 is 2.00 bits per heavy atom. The molecule has 1 spiro atoms. The minimum absolute atomic E-state index is 0.0701. The molecule has 4 N–H and O–H groups in total. The largest absolute Gasteiger partial charge is 0.381 e. The van der Waals surface area contributed by atoms with E-state index < -0.39 is 17.0 Å². The number of nitrogens with two attached hydrogens (primary N) is 1. The van der Waals surface area contributed by atoms with E-state index in [1.54, 1.807) is 13.0 Å². The first-order chi connectivity index (χ1) is 10.1. The van der Waals surface area contributed by atoms with Crippen LogP contribution >= 0.6 is 0 Å². The van der Waals surface area contributed by atoms with E-state index in [2.05, 4.69) is 0 Å². The molecule has 0 aliphatic heterocycles. The lowest BCUT2D eigenvalue weighted by Gasteiger charge is -2.39. The summed E-state index contributed by atoms with van der Waals surface area (Å²) in [5.41, 5.74) is 6.84. The molecule has 0 aromatic heterocycles. The maximum atomic E-state index is 12.7. The number of primary amides is 1. The van der Waals surface area contributed by atoms with Crippen LogP contribution in [0.1, 0.15) is 33.6 Å². The molecular weight excluding hydrogens is 284 g/mol. The van der Waals surface area contributed by atoms with E-state index in [0.29, 0.717) is 16.2 Å². The van der Waals surface area contributed by atoms with Crippen LogP contribution in [0.4, 0.5) is 4.79 Å². The maximum Gasteiger partial charge on any atom is 0.338 e. The number of aliphatic hydroxyl groups is 1. The SMILES string of the molecule is CC1=C(CN(O)C(N)=O)C2=C(C)C3(CC3)C(C)(O)C(=O)C2=C1. The summed E-state index contributed by atoms with van der Waals surface area (Å²) in [4.78, 5) is 23.8. The number of rotatable bonds is 2. The topological polar surface area (TPSA) is 104 Å². The number of carbonyl (C=O) groups is 2. The van der Waals surface area contributed by atoms with Crippen LogP contribution in [0.2, 0.25) is 0 Å². The molecule has 6 nitrogen and oxygen atoms in total. The number of ketones is 1. The lowest BCUT2D eigenvalue weighted by atomic mass is 9.67. The Hall–Kier alpha value is -1.92. The van der Waals surface area contributed by atoms with Crippen molar-refractivity contribution in [3.8, 4) is 0 Å². The Morgan fingerprint density at radius 3 is 2.50 bits per heavy atom. The van der Waals surface area contributed by atoms with Crippen LogP contribution < -0.4 is 5.73 Å². The Kier molecular flexibility index (Phi) is 2.93. The number of fused-ring (bicyclic) bond motifs is 1. The summed E-state index contributed by atoms with van der Waals surface area (Å²) in [5.74, 6) is -0.288. The van der Waals surface area contributed by atoms with Crippen molar-refractivity contribution in [3.63, 3.8) is 0 Å². The van der Waals surface area contributed by atoms with Crippen molar-refractivity contribution >= 4 is 11.8 Å². The van der Waals surface area contributed by atoms with E-state index in [1.165, 1.54) is 0 Å². The Balaban J connectivity index is 2.10. The summed E-state index contributed by atoms with van der Waals surface area (Å²) in [5, 5.41) is 20.8. The molecule has 1 fully saturated rings. The normalized spacial score (nSPS) is 29.0. The molecule has 3 aliphatic rings. The van der Waals surface area contributed by atoms with Gasteiger partial charge in [0.05, 0.1) is 6.54 Å². The molecule has 1 atom stereocenters. The van der Waals surface area contributed by atoms with Crippen LogP contribution in [0.3, 0.4) is 0 Å². The number of hydrogen-bond acceptors (Lipinski definition) is 4. The van der Waals surface area contributed by atoms with Crippen molar-refractivity contribution in [1.29, 1.82) is 0 Å². The molecule has 0 saturated heterocycles. The average molecular weight is 304 g/mol. The zero-order valence-electron chi connectivity index (χ0n) is 12.9. The number of nitrogens with zero attached hydrogens (tertiary/aromatic N) is 1. The molecule has 0 aromatic carbocycles. The second kappa shape index (κ2) is 4.30. The van der Waals surface area contributed by atoms with Gasteiger partial charge in [0.15, 0.2) is 5.78 Å². The van der Waals surface area contributed by atoms with Gasteiger partial charge in [-0.2, -0.15) is 0 Å². The third-order valence-electron chi connectivity index (χ3n) is 5.43. The Labute approximate surface area is 128 Å². The average Bonchev–Trinajstić information content (AvgIpc) is 3.18. The first-order valence-corrected chi connectivity index (χ1v) is 7.30. The van der Waals surface area contributed by atoms with E-state index >= 15 is 0 Å². The number of carbonyl (C=O) groups excluding carboxylic acids is 2. The molecular formula is C16H20N2O4. The molecule has 3 aliphatic carbocycles. The van der Waals surface area contributed by atoms with Gasteiger partial charge in [-0.15, -0.1) is 0 Å². The van der Waals surface area contributed by atoms with Gasteiger partial charge in [-0.3, -0.25) is 10.0 Å². The summed E-state index contributed by atoms with van der Waals surface area (Å²) < 4.78 is 0. The summed E-state index contributed by atoms with van der Waals surface area (Å²) in [6.45, 7) is 5.25. The number of allylic oxidation sites excluding steroid dienone is 2. The highest BCUT2D eigenvalue weighted by molar-refractivity contribution is 6.10. The molecule has 118 valence electrons. The maximum absolute atomic E-state index is 12.7.